The highest BCUT2D eigenvalue weighted by molar-refractivity contribution is 7.91. The van der Waals surface area contributed by atoms with Gasteiger partial charge in [-0.2, -0.15) is 0 Å². The van der Waals surface area contributed by atoms with Gasteiger partial charge >= 0.3 is 0 Å². The van der Waals surface area contributed by atoms with Crippen LogP contribution < -0.4 is 0 Å². The van der Waals surface area contributed by atoms with Gasteiger partial charge in [0.2, 0.25) is 0 Å². The van der Waals surface area contributed by atoms with E-state index in [2.05, 4.69) is 18.9 Å². The predicted octanol–water partition coefficient (Wildman–Crippen LogP) is 2.09. The summed E-state index contributed by atoms with van der Waals surface area (Å²) < 4.78 is 29.2. The van der Waals surface area contributed by atoms with E-state index in [1.54, 1.807) is 6.92 Å². The van der Waals surface area contributed by atoms with Crippen LogP contribution in [-0.2, 0) is 14.6 Å². The highest BCUT2D eigenvalue weighted by atomic mass is 32.2. The van der Waals surface area contributed by atoms with Crippen molar-refractivity contribution in [2.75, 3.05) is 31.7 Å². The van der Waals surface area contributed by atoms with Crippen molar-refractivity contribution in [1.82, 2.24) is 4.90 Å². The zero-order valence-corrected chi connectivity index (χ0v) is 13.9. The minimum absolute atomic E-state index is 0.248. The van der Waals surface area contributed by atoms with Crippen molar-refractivity contribution < 1.29 is 13.2 Å². The van der Waals surface area contributed by atoms with Gasteiger partial charge in [-0.3, -0.25) is 0 Å². The lowest BCUT2D eigenvalue weighted by Gasteiger charge is -2.57. The Labute approximate surface area is 123 Å². The summed E-state index contributed by atoms with van der Waals surface area (Å²) in [6, 6.07) is 0.508. The highest BCUT2D eigenvalue weighted by Crippen LogP contribution is 2.56. The minimum atomic E-state index is -2.86. The summed E-state index contributed by atoms with van der Waals surface area (Å²) in [5, 5.41) is 0. The standard InChI is InChI=1S/C15H29NO3S/c1-4-19-14-12-13(15(14)8-6-7-9-15)16(3)10-11-20(17,18)5-2/h13-14H,4-12H2,1-3H3/t13-,14-/m0/s1. The predicted molar refractivity (Wildman–Crippen MR) is 81.7 cm³/mol. The normalized spacial score (nSPS) is 29.0. The molecule has 20 heavy (non-hydrogen) atoms. The third-order valence-electron chi connectivity index (χ3n) is 5.37. The topological polar surface area (TPSA) is 46.6 Å². The van der Waals surface area contributed by atoms with Gasteiger partial charge in [0.05, 0.1) is 11.9 Å². The Morgan fingerprint density at radius 1 is 1.25 bits per heavy atom. The largest absolute Gasteiger partial charge is 0.378 e. The van der Waals surface area contributed by atoms with Gasteiger partial charge in [0, 0.05) is 30.4 Å². The van der Waals surface area contributed by atoms with E-state index in [9.17, 15) is 8.42 Å². The fourth-order valence-corrected chi connectivity index (χ4v) is 4.91. The van der Waals surface area contributed by atoms with Crippen LogP contribution in [0.4, 0.5) is 0 Å². The van der Waals surface area contributed by atoms with Crippen LogP contribution in [0, 0.1) is 5.41 Å². The van der Waals surface area contributed by atoms with Gasteiger partial charge in [-0.1, -0.05) is 19.8 Å². The summed E-state index contributed by atoms with van der Waals surface area (Å²) in [5.74, 6) is 0.532. The van der Waals surface area contributed by atoms with Gasteiger partial charge in [0.25, 0.3) is 0 Å². The van der Waals surface area contributed by atoms with Crippen molar-refractivity contribution in [2.24, 2.45) is 5.41 Å². The molecule has 2 saturated carbocycles. The molecular weight excluding hydrogens is 274 g/mol. The van der Waals surface area contributed by atoms with Gasteiger partial charge < -0.3 is 9.64 Å². The fraction of sp³-hybridized carbons (Fsp3) is 1.00. The molecule has 0 N–H and O–H groups in total. The lowest BCUT2D eigenvalue weighted by atomic mass is 9.60. The van der Waals surface area contributed by atoms with Crippen molar-refractivity contribution in [3.63, 3.8) is 0 Å². The second kappa shape index (κ2) is 6.32. The van der Waals surface area contributed by atoms with Crippen LogP contribution >= 0.6 is 0 Å². The Kier molecular flexibility index (Phi) is 5.14. The number of ether oxygens (including phenoxy) is 1. The van der Waals surface area contributed by atoms with Gasteiger partial charge in [0.15, 0.2) is 9.84 Å². The Bertz CT molecular complexity index is 415. The molecule has 4 nitrogen and oxygen atoms in total. The Hall–Kier alpha value is -0.130. The number of sulfone groups is 1. The second-order valence-corrected chi connectivity index (χ2v) is 8.83. The van der Waals surface area contributed by atoms with E-state index in [4.69, 9.17) is 4.74 Å². The number of hydrogen-bond acceptors (Lipinski definition) is 4. The zero-order valence-electron chi connectivity index (χ0n) is 13.1. The first-order valence-corrected chi connectivity index (χ1v) is 9.79. The first-order valence-electron chi connectivity index (χ1n) is 7.97. The summed E-state index contributed by atoms with van der Waals surface area (Å²) in [6.45, 7) is 5.23. The maximum atomic E-state index is 11.7. The molecule has 118 valence electrons. The SMILES string of the molecule is CCO[C@H]1C[C@H](N(C)CCS(=O)(=O)CC)C12CCCC2. The molecule has 2 aliphatic carbocycles. The van der Waals surface area contributed by atoms with Crippen molar-refractivity contribution in [2.45, 2.75) is 58.1 Å². The zero-order chi connectivity index (χ0) is 14.8. The number of rotatable bonds is 7. The molecule has 5 heteroatoms. The van der Waals surface area contributed by atoms with Crippen LogP contribution in [0.5, 0.6) is 0 Å². The first-order chi connectivity index (χ1) is 9.45. The van der Waals surface area contributed by atoms with Crippen molar-refractivity contribution in [3.05, 3.63) is 0 Å². The van der Waals surface area contributed by atoms with Gasteiger partial charge in [-0.25, -0.2) is 8.42 Å². The van der Waals surface area contributed by atoms with Gasteiger partial charge in [-0.05, 0) is 33.2 Å². The minimum Gasteiger partial charge on any atom is -0.378 e. The third kappa shape index (κ3) is 3.04. The molecule has 1 spiro atoms. The summed E-state index contributed by atoms with van der Waals surface area (Å²) in [7, 11) is -0.783. The van der Waals surface area contributed by atoms with Crippen LogP contribution in [-0.4, -0.2) is 57.2 Å². The Morgan fingerprint density at radius 2 is 1.90 bits per heavy atom. The van der Waals surface area contributed by atoms with Crippen molar-refractivity contribution in [3.8, 4) is 0 Å². The summed E-state index contributed by atoms with van der Waals surface area (Å²) in [5.41, 5.74) is 0.306. The lowest BCUT2D eigenvalue weighted by Crippen LogP contribution is -2.63. The Morgan fingerprint density at radius 3 is 2.45 bits per heavy atom. The maximum Gasteiger partial charge on any atom is 0.151 e. The summed E-state index contributed by atoms with van der Waals surface area (Å²) >= 11 is 0. The molecule has 0 saturated heterocycles. The molecule has 0 aromatic rings. The smallest absolute Gasteiger partial charge is 0.151 e. The van der Waals surface area contributed by atoms with E-state index in [0.717, 1.165) is 13.0 Å². The van der Waals surface area contributed by atoms with E-state index in [1.807, 2.05) is 0 Å². The van der Waals surface area contributed by atoms with E-state index in [1.165, 1.54) is 25.7 Å². The van der Waals surface area contributed by atoms with E-state index >= 15 is 0 Å². The van der Waals surface area contributed by atoms with Crippen LogP contribution in [0.2, 0.25) is 0 Å². The maximum absolute atomic E-state index is 11.7. The molecule has 2 fully saturated rings. The van der Waals surface area contributed by atoms with E-state index in [0.29, 0.717) is 24.1 Å². The van der Waals surface area contributed by atoms with Crippen LogP contribution in [0.3, 0.4) is 0 Å². The van der Waals surface area contributed by atoms with E-state index < -0.39 is 9.84 Å². The van der Waals surface area contributed by atoms with Crippen LogP contribution in [0.25, 0.3) is 0 Å². The molecule has 2 atom stereocenters. The molecule has 0 aromatic heterocycles. The molecule has 2 aliphatic rings. The molecule has 0 aromatic carbocycles. The molecule has 0 radical (unpaired) electrons. The van der Waals surface area contributed by atoms with E-state index in [-0.39, 0.29) is 11.5 Å². The summed E-state index contributed by atoms with van der Waals surface area (Å²) in [6.07, 6.45) is 6.53. The molecule has 0 unspecified atom stereocenters. The fourth-order valence-electron chi connectivity index (χ4n) is 4.05. The molecule has 0 amide bonds. The monoisotopic (exact) mass is 303 g/mol. The van der Waals surface area contributed by atoms with Gasteiger partial charge in [-0.15, -0.1) is 0 Å². The van der Waals surface area contributed by atoms with Gasteiger partial charge in [0.1, 0.15) is 0 Å². The quantitative estimate of drug-likeness (QED) is 0.722. The summed E-state index contributed by atoms with van der Waals surface area (Å²) in [4.78, 5) is 2.27. The lowest BCUT2D eigenvalue weighted by molar-refractivity contribution is -0.159. The first kappa shape index (κ1) is 16.2. The Balaban J connectivity index is 1.95. The molecular formula is C15H29NO3S. The average molecular weight is 303 g/mol. The number of hydrogen-bond donors (Lipinski definition) is 0. The van der Waals surface area contributed by atoms with Crippen LogP contribution in [0.1, 0.15) is 46.0 Å². The molecule has 0 bridgehead atoms. The molecule has 2 rings (SSSR count). The second-order valence-electron chi connectivity index (χ2n) is 6.35. The average Bonchev–Trinajstić information content (AvgIpc) is 2.93. The van der Waals surface area contributed by atoms with Crippen molar-refractivity contribution in [1.29, 1.82) is 0 Å². The molecule has 0 heterocycles. The van der Waals surface area contributed by atoms with Crippen molar-refractivity contribution >= 4 is 9.84 Å². The molecule has 0 aliphatic heterocycles. The van der Waals surface area contributed by atoms with Crippen LogP contribution in [0.15, 0.2) is 0 Å². The third-order valence-corrected chi connectivity index (χ3v) is 7.06. The number of nitrogens with zero attached hydrogens (tertiary/aromatic N) is 1. The highest BCUT2D eigenvalue weighted by Gasteiger charge is 2.57.